The quantitative estimate of drug-likeness (QED) is 0.303. The van der Waals surface area contributed by atoms with Crippen LogP contribution in [0.3, 0.4) is 0 Å². The van der Waals surface area contributed by atoms with Gasteiger partial charge in [0.2, 0.25) is 0 Å². The van der Waals surface area contributed by atoms with Gasteiger partial charge in [-0.2, -0.15) is 11.8 Å². The van der Waals surface area contributed by atoms with E-state index in [4.69, 9.17) is 19.2 Å². The average Bonchev–Trinajstić information content (AvgIpc) is 2.90. The van der Waals surface area contributed by atoms with Crippen LogP contribution in [0.15, 0.2) is 58.7 Å². The zero-order valence-corrected chi connectivity index (χ0v) is 23.0. The molecule has 2 aromatic carbocycles. The predicted octanol–water partition coefficient (Wildman–Crippen LogP) is 5.88. The van der Waals surface area contributed by atoms with E-state index in [1.165, 1.54) is 0 Å². The van der Waals surface area contributed by atoms with Gasteiger partial charge in [0.15, 0.2) is 17.3 Å². The maximum absolute atomic E-state index is 13.8. The Balaban J connectivity index is 1.72. The van der Waals surface area contributed by atoms with E-state index >= 15 is 0 Å². The molecule has 2 aliphatic rings. The van der Waals surface area contributed by atoms with E-state index < -0.39 is 11.8 Å². The van der Waals surface area contributed by atoms with Crippen molar-refractivity contribution in [3.63, 3.8) is 0 Å². The smallest absolute Gasteiger partial charge is 0.315 e. The van der Waals surface area contributed by atoms with Crippen molar-refractivity contribution in [2.45, 2.75) is 45.4 Å². The molecule has 0 amide bonds. The summed E-state index contributed by atoms with van der Waals surface area (Å²) in [5.74, 6) is 1.67. The van der Waals surface area contributed by atoms with Crippen molar-refractivity contribution in [2.24, 2.45) is 10.9 Å². The molecule has 1 aliphatic carbocycles. The third kappa shape index (κ3) is 5.61. The average molecular weight is 522 g/mol. The number of aliphatic imine (C=N–C) groups is 1. The van der Waals surface area contributed by atoms with Gasteiger partial charge in [0.1, 0.15) is 12.5 Å². The molecule has 1 heterocycles. The Kier molecular flexibility index (Phi) is 8.75. The second-order valence-electron chi connectivity index (χ2n) is 9.43. The van der Waals surface area contributed by atoms with E-state index in [0.29, 0.717) is 42.2 Å². The van der Waals surface area contributed by atoms with Gasteiger partial charge in [-0.3, -0.25) is 14.6 Å². The molecule has 0 saturated carbocycles. The van der Waals surface area contributed by atoms with Crippen LogP contribution in [0.25, 0.3) is 0 Å². The molecule has 3 atom stereocenters. The maximum atomic E-state index is 13.8. The summed E-state index contributed by atoms with van der Waals surface area (Å²) in [6, 6.07) is 13.8. The first-order valence-corrected chi connectivity index (χ1v) is 13.9. The molecule has 0 fully saturated rings. The van der Waals surface area contributed by atoms with Gasteiger partial charge in [0.25, 0.3) is 0 Å². The minimum absolute atomic E-state index is 0.0323. The number of carbonyl (C=O) groups is 2. The number of thioether (sulfide) groups is 1. The van der Waals surface area contributed by atoms with Gasteiger partial charge in [-0.25, -0.2) is 0 Å². The van der Waals surface area contributed by atoms with Crippen molar-refractivity contribution in [3.8, 4) is 11.5 Å². The normalized spacial score (nSPS) is 21.3. The van der Waals surface area contributed by atoms with E-state index in [9.17, 15) is 9.59 Å². The van der Waals surface area contributed by atoms with Crippen molar-refractivity contribution in [1.29, 1.82) is 0 Å². The number of carbonyl (C=O) groups excluding carboxylic acids is 2. The Bertz CT molecular complexity index is 1230. The third-order valence-electron chi connectivity index (χ3n) is 7.22. The lowest BCUT2D eigenvalue weighted by atomic mass is 9.68. The molecular weight excluding hydrogens is 486 g/mol. The highest BCUT2D eigenvalue weighted by atomic mass is 32.2. The van der Waals surface area contributed by atoms with Gasteiger partial charge < -0.3 is 14.2 Å². The zero-order valence-electron chi connectivity index (χ0n) is 22.2. The molecule has 4 rings (SSSR count). The van der Waals surface area contributed by atoms with Gasteiger partial charge in [0.05, 0.1) is 14.2 Å². The summed E-state index contributed by atoms with van der Waals surface area (Å²) in [7, 11) is 3.21. The van der Waals surface area contributed by atoms with Gasteiger partial charge in [-0.05, 0) is 60.8 Å². The lowest BCUT2D eigenvalue weighted by molar-refractivity contribution is -0.145. The van der Waals surface area contributed by atoms with Gasteiger partial charge in [0, 0.05) is 35.1 Å². The number of allylic oxidation sites excluding steroid dienone is 2. The molecule has 196 valence electrons. The molecule has 2 aromatic rings. The van der Waals surface area contributed by atoms with Crippen molar-refractivity contribution in [1.82, 2.24) is 0 Å². The summed E-state index contributed by atoms with van der Waals surface area (Å²) in [6.45, 7) is 6.34. The fourth-order valence-corrected chi connectivity index (χ4v) is 5.90. The molecule has 37 heavy (non-hydrogen) atoms. The number of hydrogen-bond donors (Lipinski definition) is 0. The van der Waals surface area contributed by atoms with Crippen LogP contribution in [0.4, 0.5) is 0 Å². The summed E-state index contributed by atoms with van der Waals surface area (Å²) in [5, 5.41) is 0. The Morgan fingerprint density at radius 2 is 1.81 bits per heavy atom. The highest BCUT2D eigenvalue weighted by Gasteiger charge is 2.45. The Morgan fingerprint density at radius 3 is 2.51 bits per heavy atom. The highest BCUT2D eigenvalue weighted by Crippen LogP contribution is 2.48. The zero-order chi connectivity index (χ0) is 26.5. The van der Waals surface area contributed by atoms with Crippen LogP contribution >= 0.6 is 11.8 Å². The lowest BCUT2D eigenvalue weighted by Gasteiger charge is -2.37. The molecule has 6 nitrogen and oxygen atoms in total. The van der Waals surface area contributed by atoms with E-state index in [1.54, 1.807) is 26.0 Å². The SMILES string of the molecule is CCSCCOC(=O)C1C(C)=NC2=C(C(=O)C[C@H](c3ccc(OC)c(OC)c3)C2)[C@H]1c1ccccc1C. The number of nitrogens with zero attached hydrogens (tertiary/aromatic N) is 1. The first kappa shape index (κ1) is 27.0. The lowest BCUT2D eigenvalue weighted by Crippen LogP contribution is -2.38. The topological polar surface area (TPSA) is 74.2 Å². The number of ether oxygens (including phenoxy) is 3. The molecule has 0 aromatic heterocycles. The Morgan fingerprint density at radius 1 is 1.05 bits per heavy atom. The molecular formula is C30H35NO5S. The van der Waals surface area contributed by atoms with Gasteiger partial charge in [-0.1, -0.05) is 37.3 Å². The molecule has 0 N–H and O–H groups in total. The number of aryl methyl sites for hydroxylation is 1. The molecule has 0 spiro atoms. The van der Waals surface area contributed by atoms with E-state index in [0.717, 1.165) is 33.9 Å². The Labute approximate surface area is 223 Å². The maximum Gasteiger partial charge on any atom is 0.315 e. The summed E-state index contributed by atoms with van der Waals surface area (Å²) < 4.78 is 16.6. The number of Topliss-reactive ketones (excluding diaryl/α,β-unsaturated/α-hetero) is 1. The fourth-order valence-electron chi connectivity index (χ4n) is 5.41. The van der Waals surface area contributed by atoms with Crippen molar-refractivity contribution >= 4 is 29.2 Å². The van der Waals surface area contributed by atoms with Crippen LogP contribution in [-0.4, -0.2) is 49.8 Å². The number of ketones is 1. The Hall–Kier alpha value is -3.06. The second kappa shape index (κ2) is 12.0. The third-order valence-corrected chi connectivity index (χ3v) is 8.08. The summed E-state index contributed by atoms with van der Waals surface area (Å²) >= 11 is 1.73. The molecule has 1 aliphatic heterocycles. The van der Waals surface area contributed by atoms with Crippen molar-refractivity contribution < 1.29 is 23.8 Å². The van der Waals surface area contributed by atoms with Crippen LogP contribution < -0.4 is 9.47 Å². The minimum atomic E-state index is -0.618. The molecule has 0 saturated heterocycles. The van der Waals surface area contributed by atoms with Crippen LogP contribution in [0.1, 0.15) is 55.2 Å². The van der Waals surface area contributed by atoms with E-state index in [-0.39, 0.29) is 17.7 Å². The van der Waals surface area contributed by atoms with E-state index in [1.807, 2.05) is 56.3 Å². The van der Waals surface area contributed by atoms with Crippen LogP contribution in [0, 0.1) is 12.8 Å². The van der Waals surface area contributed by atoms with Crippen LogP contribution in [-0.2, 0) is 14.3 Å². The molecule has 1 unspecified atom stereocenters. The largest absolute Gasteiger partial charge is 0.493 e. The second-order valence-corrected chi connectivity index (χ2v) is 10.8. The fraction of sp³-hybridized carbons (Fsp3) is 0.433. The number of esters is 1. The molecule has 0 radical (unpaired) electrons. The van der Waals surface area contributed by atoms with Gasteiger partial charge >= 0.3 is 5.97 Å². The predicted molar refractivity (Wildman–Crippen MR) is 148 cm³/mol. The van der Waals surface area contributed by atoms with Crippen molar-refractivity contribution in [2.75, 3.05) is 32.3 Å². The first-order chi connectivity index (χ1) is 17.9. The monoisotopic (exact) mass is 521 g/mol. The number of hydrogen-bond acceptors (Lipinski definition) is 7. The van der Waals surface area contributed by atoms with Crippen LogP contribution in [0.5, 0.6) is 11.5 Å². The number of benzene rings is 2. The number of rotatable bonds is 9. The summed E-state index contributed by atoms with van der Waals surface area (Å²) in [5.41, 5.74) is 5.15. The standard InChI is InChI=1S/C30H35NO5S/c1-6-37-14-13-36-30(33)27-19(3)31-23-15-21(20-11-12-25(34-4)26(17-20)35-5)16-24(32)29(23)28(27)22-10-8-7-9-18(22)2/h7-12,17,21,27-28H,6,13-16H2,1-5H3/t21-,27?,28+/m1/s1. The minimum Gasteiger partial charge on any atom is -0.493 e. The number of methoxy groups -OCH3 is 2. The molecule has 7 heteroatoms. The first-order valence-electron chi connectivity index (χ1n) is 12.7. The summed E-state index contributed by atoms with van der Waals surface area (Å²) in [6.07, 6.45) is 0.964. The van der Waals surface area contributed by atoms with Crippen LogP contribution in [0.2, 0.25) is 0 Å². The van der Waals surface area contributed by atoms with E-state index in [2.05, 4.69) is 6.92 Å². The summed E-state index contributed by atoms with van der Waals surface area (Å²) in [4.78, 5) is 32.1. The highest BCUT2D eigenvalue weighted by molar-refractivity contribution is 7.99. The van der Waals surface area contributed by atoms with Crippen molar-refractivity contribution in [3.05, 3.63) is 70.4 Å². The molecule has 0 bridgehead atoms. The van der Waals surface area contributed by atoms with Gasteiger partial charge in [-0.15, -0.1) is 0 Å².